The molecule has 2 aromatic rings. The Morgan fingerprint density at radius 1 is 1.33 bits per heavy atom. The SMILES string of the molecule is COCC(=O)N1CCC(NC(C)c2c(C)[nH]c(/C=C3\C(=O)Nc4ccc(F)cc43)c2C)CC1. The highest BCUT2D eigenvalue weighted by molar-refractivity contribution is 6.34. The summed E-state index contributed by atoms with van der Waals surface area (Å²) in [7, 11) is 1.54. The maximum absolute atomic E-state index is 13.8. The topological polar surface area (TPSA) is 86.5 Å². The van der Waals surface area contributed by atoms with Crippen molar-refractivity contribution in [1.29, 1.82) is 0 Å². The Kier molecular flexibility index (Phi) is 6.67. The fraction of sp³-hybridized carbons (Fsp3) is 0.440. The van der Waals surface area contributed by atoms with Gasteiger partial charge in [-0.25, -0.2) is 4.39 Å². The lowest BCUT2D eigenvalue weighted by atomic mass is 9.98. The minimum Gasteiger partial charge on any atom is -0.375 e. The first kappa shape index (κ1) is 23.2. The van der Waals surface area contributed by atoms with Crippen LogP contribution in [0, 0.1) is 19.7 Å². The molecule has 2 amide bonds. The first-order valence-corrected chi connectivity index (χ1v) is 11.3. The van der Waals surface area contributed by atoms with E-state index in [9.17, 15) is 14.0 Å². The van der Waals surface area contributed by atoms with Crippen LogP contribution in [0.5, 0.6) is 0 Å². The van der Waals surface area contributed by atoms with Gasteiger partial charge in [0.25, 0.3) is 5.91 Å². The maximum atomic E-state index is 13.8. The fourth-order valence-electron chi connectivity index (χ4n) is 4.98. The molecule has 176 valence electrons. The van der Waals surface area contributed by atoms with Crippen molar-refractivity contribution in [2.75, 3.05) is 32.1 Å². The van der Waals surface area contributed by atoms with Crippen LogP contribution in [-0.4, -0.2) is 54.5 Å². The number of ether oxygens (including phenoxy) is 1. The van der Waals surface area contributed by atoms with E-state index in [1.54, 1.807) is 12.1 Å². The molecule has 2 aliphatic rings. The Bertz CT molecular complexity index is 1100. The zero-order valence-corrected chi connectivity index (χ0v) is 19.5. The Balaban J connectivity index is 1.49. The van der Waals surface area contributed by atoms with Crippen molar-refractivity contribution in [2.24, 2.45) is 0 Å². The summed E-state index contributed by atoms with van der Waals surface area (Å²) >= 11 is 0. The van der Waals surface area contributed by atoms with E-state index in [0.29, 0.717) is 22.9 Å². The molecule has 1 saturated heterocycles. The number of benzene rings is 1. The highest BCUT2D eigenvalue weighted by Gasteiger charge is 2.27. The van der Waals surface area contributed by atoms with Crippen LogP contribution in [0.3, 0.4) is 0 Å². The molecule has 8 heteroatoms. The van der Waals surface area contributed by atoms with Crippen LogP contribution < -0.4 is 10.6 Å². The molecule has 0 aliphatic carbocycles. The zero-order chi connectivity index (χ0) is 23.7. The van der Waals surface area contributed by atoms with Gasteiger partial charge in [0.15, 0.2) is 0 Å². The number of likely N-dealkylation sites (tertiary alicyclic amines) is 1. The van der Waals surface area contributed by atoms with Crippen molar-refractivity contribution in [2.45, 2.75) is 45.7 Å². The van der Waals surface area contributed by atoms with Gasteiger partial charge in [-0.2, -0.15) is 0 Å². The number of fused-ring (bicyclic) bond motifs is 1. The second-order valence-corrected chi connectivity index (χ2v) is 8.88. The molecular formula is C25H31FN4O3. The number of halogens is 1. The van der Waals surface area contributed by atoms with Crippen molar-refractivity contribution >= 4 is 29.2 Å². The summed E-state index contributed by atoms with van der Waals surface area (Å²) in [5, 5.41) is 6.50. The number of rotatable bonds is 6. The van der Waals surface area contributed by atoms with Crippen LogP contribution in [0.4, 0.5) is 10.1 Å². The van der Waals surface area contributed by atoms with Crippen LogP contribution >= 0.6 is 0 Å². The number of hydrogen-bond donors (Lipinski definition) is 3. The summed E-state index contributed by atoms with van der Waals surface area (Å²) in [4.78, 5) is 29.8. The van der Waals surface area contributed by atoms with Gasteiger partial charge in [-0.05, 0) is 69.0 Å². The molecule has 1 aromatic carbocycles. The van der Waals surface area contributed by atoms with Gasteiger partial charge >= 0.3 is 0 Å². The first-order chi connectivity index (χ1) is 15.8. The smallest absolute Gasteiger partial charge is 0.256 e. The molecule has 33 heavy (non-hydrogen) atoms. The minimum absolute atomic E-state index is 0.0383. The van der Waals surface area contributed by atoms with Crippen molar-refractivity contribution in [3.8, 4) is 0 Å². The molecular weight excluding hydrogens is 423 g/mol. The van der Waals surface area contributed by atoms with Crippen LogP contribution in [0.1, 0.15) is 53.9 Å². The molecule has 1 aromatic heterocycles. The largest absolute Gasteiger partial charge is 0.375 e. The second kappa shape index (κ2) is 9.49. The number of aromatic nitrogens is 1. The maximum Gasteiger partial charge on any atom is 0.256 e. The van der Waals surface area contributed by atoms with Gasteiger partial charge < -0.3 is 25.3 Å². The number of aromatic amines is 1. The highest BCUT2D eigenvalue weighted by Crippen LogP contribution is 2.35. The second-order valence-electron chi connectivity index (χ2n) is 8.88. The lowest BCUT2D eigenvalue weighted by molar-refractivity contribution is -0.136. The molecule has 3 heterocycles. The van der Waals surface area contributed by atoms with Crippen molar-refractivity contribution < 1.29 is 18.7 Å². The van der Waals surface area contributed by atoms with E-state index in [2.05, 4.69) is 22.5 Å². The van der Waals surface area contributed by atoms with Crippen molar-refractivity contribution in [3.05, 3.63) is 52.1 Å². The fourth-order valence-corrected chi connectivity index (χ4v) is 4.98. The van der Waals surface area contributed by atoms with E-state index < -0.39 is 0 Å². The van der Waals surface area contributed by atoms with E-state index in [-0.39, 0.29) is 30.3 Å². The van der Waals surface area contributed by atoms with Gasteiger partial charge in [0.2, 0.25) is 5.91 Å². The third-order valence-corrected chi connectivity index (χ3v) is 6.62. The Morgan fingerprint density at radius 3 is 2.76 bits per heavy atom. The number of nitrogens with zero attached hydrogens (tertiary/aromatic N) is 1. The summed E-state index contributed by atoms with van der Waals surface area (Å²) in [6.45, 7) is 7.77. The van der Waals surface area contributed by atoms with Gasteiger partial charge in [-0.1, -0.05) is 0 Å². The number of carbonyl (C=O) groups excluding carboxylic acids is 2. The predicted molar refractivity (Wildman–Crippen MR) is 126 cm³/mol. The highest BCUT2D eigenvalue weighted by atomic mass is 19.1. The molecule has 0 bridgehead atoms. The van der Waals surface area contributed by atoms with E-state index >= 15 is 0 Å². The molecule has 1 fully saturated rings. The quantitative estimate of drug-likeness (QED) is 0.583. The molecule has 2 aliphatic heterocycles. The molecule has 7 nitrogen and oxygen atoms in total. The zero-order valence-electron chi connectivity index (χ0n) is 19.5. The summed E-state index contributed by atoms with van der Waals surface area (Å²) in [5.41, 5.74) is 5.76. The van der Waals surface area contributed by atoms with Gasteiger partial charge in [0.1, 0.15) is 12.4 Å². The average molecular weight is 455 g/mol. The summed E-state index contributed by atoms with van der Waals surface area (Å²) in [6.07, 6.45) is 3.59. The van der Waals surface area contributed by atoms with Crippen LogP contribution in [0.25, 0.3) is 11.6 Å². The Morgan fingerprint density at radius 2 is 2.06 bits per heavy atom. The molecule has 0 saturated carbocycles. The van der Waals surface area contributed by atoms with Crippen molar-refractivity contribution in [1.82, 2.24) is 15.2 Å². The number of hydrogen-bond acceptors (Lipinski definition) is 4. The molecule has 1 atom stereocenters. The summed E-state index contributed by atoms with van der Waals surface area (Å²) in [6, 6.07) is 4.73. The number of carbonyl (C=O) groups is 2. The van der Waals surface area contributed by atoms with E-state index in [4.69, 9.17) is 4.74 Å². The number of methoxy groups -OCH3 is 1. The number of H-pyrrole nitrogens is 1. The van der Waals surface area contributed by atoms with Gasteiger partial charge in [-0.15, -0.1) is 0 Å². The van der Waals surface area contributed by atoms with Crippen molar-refractivity contribution in [3.63, 3.8) is 0 Å². The third-order valence-electron chi connectivity index (χ3n) is 6.62. The van der Waals surface area contributed by atoms with Gasteiger partial charge in [-0.3, -0.25) is 9.59 Å². The number of piperidine rings is 1. The summed E-state index contributed by atoms with van der Waals surface area (Å²) < 4.78 is 18.7. The number of aryl methyl sites for hydroxylation is 1. The van der Waals surface area contributed by atoms with Crippen LogP contribution in [0.15, 0.2) is 18.2 Å². The molecule has 3 N–H and O–H groups in total. The molecule has 1 unspecified atom stereocenters. The number of anilines is 1. The number of nitrogens with one attached hydrogen (secondary N) is 3. The van der Waals surface area contributed by atoms with E-state index in [1.165, 1.54) is 19.2 Å². The minimum atomic E-state index is -0.371. The van der Waals surface area contributed by atoms with Crippen LogP contribution in [0.2, 0.25) is 0 Å². The Hall–Kier alpha value is -2.97. The monoisotopic (exact) mass is 454 g/mol. The van der Waals surface area contributed by atoms with Crippen LogP contribution in [-0.2, 0) is 14.3 Å². The number of amides is 2. The summed E-state index contributed by atoms with van der Waals surface area (Å²) in [5.74, 6) is -0.565. The van der Waals surface area contributed by atoms with Gasteiger partial charge in [0.05, 0.1) is 5.57 Å². The average Bonchev–Trinajstić information content (AvgIpc) is 3.23. The molecule has 0 spiro atoms. The Labute approximate surface area is 193 Å². The van der Waals surface area contributed by atoms with E-state index in [0.717, 1.165) is 48.4 Å². The predicted octanol–water partition coefficient (Wildman–Crippen LogP) is 3.55. The standard InChI is InChI=1S/C25H31FN4O3/c1-14-22(12-20-19-11-17(26)5-6-21(19)29-25(20)32)28-16(3)24(14)15(2)27-18-7-9-30(10-8-18)23(31)13-33-4/h5-6,11-12,15,18,27-28H,7-10,13H2,1-4H3,(H,29,32)/b20-12-. The van der Waals surface area contributed by atoms with Gasteiger partial charge in [0, 0.05) is 54.9 Å². The molecule has 4 rings (SSSR count). The first-order valence-electron chi connectivity index (χ1n) is 11.3. The normalized spacial score (nSPS) is 18.5. The third kappa shape index (κ3) is 4.72. The molecule has 0 radical (unpaired) electrons. The van der Waals surface area contributed by atoms with E-state index in [1.807, 2.05) is 18.7 Å². The lowest BCUT2D eigenvalue weighted by Gasteiger charge is -2.34. The lowest BCUT2D eigenvalue weighted by Crippen LogP contribution is -2.46.